The zero-order valence-corrected chi connectivity index (χ0v) is 26.0. The molecule has 9 nitrogen and oxygen atoms in total. The largest absolute Gasteiger partial charge is 0.481 e. The first-order valence-corrected chi connectivity index (χ1v) is 17.3. The summed E-state index contributed by atoms with van der Waals surface area (Å²) in [6, 6.07) is 5.84. The summed E-state index contributed by atoms with van der Waals surface area (Å²) in [6.07, 6.45) is 9.87. The number of rotatable bonds is 10. The van der Waals surface area contributed by atoms with Crippen LogP contribution in [-0.4, -0.2) is 64.0 Å². The molecular formula is C33H45FN4O5S. The molecule has 0 aromatic carbocycles. The number of hydrogen-bond acceptors (Lipinski definition) is 8. The number of nitrogens with zero attached hydrogens (tertiary/aromatic N) is 2. The predicted octanol–water partition coefficient (Wildman–Crippen LogP) is 5.62. The normalized spacial score (nSPS) is 35.8. The van der Waals surface area contributed by atoms with E-state index < -0.39 is 12.1 Å². The maximum absolute atomic E-state index is 15.7. The molecule has 0 bridgehead atoms. The summed E-state index contributed by atoms with van der Waals surface area (Å²) in [5.74, 6) is -0.127. The van der Waals surface area contributed by atoms with Gasteiger partial charge in [0, 0.05) is 36.7 Å². The molecule has 6 rings (SSSR count). The summed E-state index contributed by atoms with van der Waals surface area (Å²) in [6.45, 7) is 1.26. The number of piperidine rings is 1. The Morgan fingerprint density at radius 1 is 0.977 bits per heavy atom. The van der Waals surface area contributed by atoms with Crippen LogP contribution >= 0.6 is 11.3 Å². The third-order valence-corrected chi connectivity index (χ3v) is 11.3. The van der Waals surface area contributed by atoms with Crippen LogP contribution in [0.5, 0.6) is 0 Å². The number of thiazole rings is 1. The number of amides is 1. The molecule has 4 fully saturated rings. The van der Waals surface area contributed by atoms with E-state index in [0.29, 0.717) is 43.3 Å². The number of carbonyl (C=O) groups is 2. The van der Waals surface area contributed by atoms with Crippen molar-refractivity contribution in [1.29, 1.82) is 0 Å². The molecule has 1 saturated heterocycles. The molecule has 8 atom stereocenters. The van der Waals surface area contributed by atoms with E-state index in [0.717, 1.165) is 57.2 Å². The van der Waals surface area contributed by atoms with Crippen molar-refractivity contribution in [3.63, 3.8) is 0 Å². The van der Waals surface area contributed by atoms with Gasteiger partial charge in [-0.2, -0.15) is 0 Å². The number of anilines is 1. The first-order valence-electron chi connectivity index (χ1n) is 16.4. The first-order chi connectivity index (χ1) is 21.4. The quantitative estimate of drug-likeness (QED) is 0.310. The number of halogens is 1. The van der Waals surface area contributed by atoms with Gasteiger partial charge in [-0.25, -0.2) is 9.37 Å². The van der Waals surface area contributed by atoms with Crippen molar-refractivity contribution >= 4 is 28.3 Å². The Morgan fingerprint density at radius 3 is 2.57 bits per heavy atom. The molecule has 1 aliphatic heterocycles. The molecule has 3 aliphatic carbocycles. The van der Waals surface area contributed by atoms with Crippen molar-refractivity contribution in [1.82, 2.24) is 15.3 Å². The molecule has 2 aromatic heterocycles. The van der Waals surface area contributed by atoms with E-state index in [1.54, 1.807) is 12.4 Å². The van der Waals surface area contributed by atoms with E-state index in [-0.39, 0.29) is 53.9 Å². The molecule has 7 unspecified atom stereocenters. The predicted molar refractivity (Wildman–Crippen MR) is 165 cm³/mol. The molecule has 11 heteroatoms. The number of carboxylic acid groups (broad SMARTS) is 1. The highest BCUT2D eigenvalue weighted by atomic mass is 32.1. The van der Waals surface area contributed by atoms with Crippen LogP contribution in [0.3, 0.4) is 0 Å². The molecule has 3 saturated carbocycles. The van der Waals surface area contributed by atoms with Gasteiger partial charge in [-0.1, -0.05) is 6.07 Å². The number of aliphatic carboxylic acids is 1. The lowest BCUT2D eigenvalue weighted by atomic mass is 9.68. The van der Waals surface area contributed by atoms with Gasteiger partial charge in [0.1, 0.15) is 6.17 Å². The molecule has 0 spiro atoms. The fourth-order valence-electron chi connectivity index (χ4n) is 8.34. The number of alkyl halides is 1. The van der Waals surface area contributed by atoms with Gasteiger partial charge < -0.3 is 25.2 Å². The van der Waals surface area contributed by atoms with Gasteiger partial charge in [-0.3, -0.25) is 14.6 Å². The van der Waals surface area contributed by atoms with Gasteiger partial charge in [-0.05, 0) is 100 Å². The Balaban J connectivity index is 1.09. The van der Waals surface area contributed by atoms with Gasteiger partial charge in [0.15, 0.2) is 5.13 Å². The third-order valence-electron chi connectivity index (χ3n) is 10.6. The Kier molecular flexibility index (Phi) is 10.6. The average molecular weight is 629 g/mol. The van der Waals surface area contributed by atoms with Gasteiger partial charge in [0.25, 0.3) is 0 Å². The van der Waals surface area contributed by atoms with Gasteiger partial charge >= 0.3 is 5.97 Å². The lowest BCUT2D eigenvalue weighted by Crippen LogP contribution is -2.55. The van der Waals surface area contributed by atoms with Crippen molar-refractivity contribution < 1.29 is 28.6 Å². The minimum Gasteiger partial charge on any atom is -0.481 e. The molecular weight excluding hydrogens is 583 g/mol. The van der Waals surface area contributed by atoms with E-state index in [1.165, 1.54) is 11.3 Å². The Labute approximate surface area is 262 Å². The van der Waals surface area contributed by atoms with E-state index in [1.807, 2.05) is 23.6 Å². The Hall–Kier alpha value is -2.47. The number of nitrogens with one attached hydrogen (secondary N) is 2. The fourth-order valence-corrected chi connectivity index (χ4v) is 8.89. The molecule has 4 aliphatic rings. The second-order valence-corrected chi connectivity index (χ2v) is 14.1. The van der Waals surface area contributed by atoms with Crippen molar-refractivity contribution in [2.45, 2.75) is 108 Å². The maximum Gasteiger partial charge on any atom is 0.306 e. The van der Waals surface area contributed by atoms with Crippen LogP contribution in [0.4, 0.5) is 9.52 Å². The minimum absolute atomic E-state index is 0.0141. The molecule has 3 N–H and O–H groups in total. The lowest BCUT2D eigenvalue weighted by molar-refractivity contribution is -0.163. The second kappa shape index (κ2) is 14.7. The van der Waals surface area contributed by atoms with Crippen LogP contribution in [0.15, 0.2) is 36.0 Å². The molecule has 0 radical (unpaired) electrons. The van der Waals surface area contributed by atoms with E-state index >= 15 is 4.39 Å². The van der Waals surface area contributed by atoms with E-state index in [4.69, 9.17) is 9.47 Å². The van der Waals surface area contributed by atoms with Crippen LogP contribution in [0, 0.1) is 29.6 Å². The van der Waals surface area contributed by atoms with Crippen LogP contribution < -0.4 is 10.6 Å². The zero-order valence-electron chi connectivity index (χ0n) is 25.2. The molecule has 240 valence electrons. The van der Waals surface area contributed by atoms with Crippen molar-refractivity contribution in [3.8, 4) is 0 Å². The molecule has 44 heavy (non-hydrogen) atoms. The molecule has 3 heterocycles. The summed E-state index contributed by atoms with van der Waals surface area (Å²) in [5.41, 5.74) is 0.873. The standard InChI is InChI=1S/C33H45FN4O5S/c34-27-16-24(8-9-25(27)20-4-6-21(7-5-20)32(40)41)43-30-17-26-22(15-29(30)42-19-23-3-1-2-11-35-23)10-12-36-28(26)18-31(39)38-33-37-13-14-44-33/h1-3,11,13-14,20-22,24-30,36H,4-10,12,15-19H2,(H,40,41)(H,37,38,39)/t20?,21?,22?,24?,25?,26?,27?,28-,29?,30?/m1/s1. The third kappa shape index (κ3) is 7.84. The van der Waals surface area contributed by atoms with Crippen molar-refractivity contribution in [2.75, 3.05) is 11.9 Å². The van der Waals surface area contributed by atoms with Crippen LogP contribution in [0.1, 0.15) is 76.3 Å². The highest BCUT2D eigenvalue weighted by molar-refractivity contribution is 7.13. The number of pyridine rings is 1. The maximum atomic E-state index is 15.7. The number of hydrogen-bond donors (Lipinski definition) is 3. The zero-order chi connectivity index (χ0) is 30.5. The smallest absolute Gasteiger partial charge is 0.306 e. The van der Waals surface area contributed by atoms with Crippen molar-refractivity contribution in [2.24, 2.45) is 29.6 Å². The number of aromatic nitrogens is 2. The van der Waals surface area contributed by atoms with Gasteiger partial charge in [0.05, 0.1) is 36.5 Å². The summed E-state index contributed by atoms with van der Waals surface area (Å²) >= 11 is 1.41. The second-order valence-electron chi connectivity index (χ2n) is 13.2. The number of ether oxygens (including phenoxy) is 2. The van der Waals surface area contributed by atoms with Crippen LogP contribution in [-0.2, 0) is 25.7 Å². The van der Waals surface area contributed by atoms with Crippen LogP contribution in [0.2, 0.25) is 0 Å². The summed E-state index contributed by atoms with van der Waals surface area (Å²) in [4.78, 5) is 32.9. The Morgan fingerprint density at radius 2 is 1.84 bits per heavy atom. The summed E-state index contributed by atoms with van der Waals surface area (Å²) < 4.78 is 29.0. The monoisotopic (exact) mass is 628 g/mol. The summed E-state index contributed by atoms with van der Waals surface area (Å²) in [5, 5.41) is 18.3. The lowest BCUT2D eigenvalue weighted by Gasteiger charge is -2.48. The number of fused-ring (bicyclic) bond motifs is 1. The average Bonchev–Trinajstić information content (AvgIpc) is 3.54. The van der Waals surface area contributed by atoms with Gasteiger partial charge in [0.2, 0.25) is 5.91 Å². The van der Waals surface area contributed by atoms with Crippen LogP contribution in [0.25, 0.3) is 0 Å². The van der Waals surface area contributed by atoms with E-state index in [9.17, 15) is 14.7 Å². The van der Waals surface area contributed by atoms with Gasteiger partial charge in [-0.15, -0.1) is 11.3 Å². The molecule has 2 aromatic rings. The van der Waals surface area contributed by atoms with E-state index in [2.05, 4.69) is 20.6 Å². The Bertz CT molecular complexity index is 1210. The number of carboxylic acids is 1. The highest BCUT2D eigenvalue weighted by Gasteiger charge is 2.46. The molecule has 1 amide bonds. The summed E-state index contributed by atoms with van der Waals surface area (Å²) in [7, 11) is 0. The van der Waals surface area contributed by atoms with Crippen molar-refractivity contribution in [3.05, 3.63) is 41.7 Å². The SMILES string of the molecule is O=C(C[C@H]1NCCC2CC(OCc3ccccn3)C(OC3CCC(C4CCC(C(=O)O)CC4)C(F)C3)CC21)Nc1nccs1. The highest BCUT2D eigenvalue weighted by Crippen LogP contribution is 2.45. The first kappa shape index (κ1) is 31.5. The topological polar surface area (TPSA) is 123 Å². The number of carbonyl (C=O) groups excluding carboxylic acids is 1. The minimum atomic E-state index is -0.942. The fraction of sp³-hybridized carbons (Fsp3) is 0.697.